The van der Waals surface area contributed by atoms with E-state index in [0.717, 1.165) is 5.69 Å². The van der Waals surface area contributed by atoms with Gasteiger partial charge < -0.3 is 68.8 Å². The predicted octanol–water partition coefficient (Wildman–Crippen LogP) is -1.74. The minimum absolute atomic E-state index is 0.0157. The third kappa shape index (κ3) is 14.6. The molecule has 46 heteroatoms. The number of pyridine rings is 1. The number of aromatic amines is 1. The molecule has 1 amide bonds. The molecule has 6 unspecified atom stereocenters. The van der Waals surface area contributed by atoms with Crippen molar-refractivity contribution in [1.82, 2.24) is 39.0 Å². The summed E-state index contributed by atoms with van der Waals surface area (Å²) >= 11 is 0. The molecule has 5 aromatic heterocycles. The number of halogens is 3. The van der Waals surface area contributed by atoms with Crippen LogP contribution in [0.2, 0.25) is 0 Å². The number of H-pyrrole nitrogens is 1. The molecular formula is C30H36F3N12O25P6-3. The van der Waals surface area contributed by atoms with Crippen molar-refractivity contribution in [3.8, 4) is 5.82 Å². The molecule has 3 fully saturated rings. The largest absolute Gasteiger partial charge is 0.790 e. The number of rotatable bonds is 16. The van der Waals surface area contributed by atoms with Crippen LogP contribution in [0.3, 0.4) is 0 Å². The second-order valence-electron chi connectivity index (χ2n) is 15.5. The maximum atomic E-state index is 13.0. The fourth-order valence-electron chi connectivity index (χ4n) is 6.83. The van der Waals surface area contributed by atoms with Crippen molar-refractivity contribution in [1.29, 1.82) is 0 Å². The Morgan fingerprint density at radius 3 is 1.97 bits per heavy atom. The van der Waals surface area contributed by atoms with Crippen LogP contribution in [0.25, 0.3) is 28.1 Å². The number of anilines is 3. The molecule has 0 spiro atoms. The van der Waals surface area contributed by atoms with E-state index in [2.05, 4.69) is 56.0 Å². The Hall–Kier alpha value is -4.39. The number of imidazole rings is 2. The Kier molecular flexibility index (Phi) is 17.2. The summed E-state index contributed by atoms with van der Waals surface area (Å²) < 4.78 is 151. The van der Waals surface area contributed by atoms with Gasteiger partial charge >= 0.3 is 47.3 Å². The van der Waals surface area contributed by atoms with Crippen LogP contribution in [-0.2, 0) is 72.3 Å². The van der Waals surface area contributed by atoms with Crippen molar-refractivity contribution in [3.05, 3.63) is 47.5 Å². The summed E-state index contributed by atoms with van der Waals surface area (Å²) in [7, 11) is -31.9. The summed E-state index contributed by atoms with van der Waals surface area (Å²) in [5.41, 5.74) is 5.54. The van der Waals surface area contributed by atoms with E-state index in [-0.39, 0.29) is 46.9 Å². The predicted molar refractivity (Wildman–Crippen MR) is 230 cm³/mol. The van der Waals surface area contributed by atoms with Gasteiger partial charge in [-0.1, -0.05) is 0 Å². The SMILES string of the molecule is CCN(C)c1cc[n+](-c2nc(NC(=O)C(F)(F)F)nc3c2ncn3[C@H]2CC(O)[C@@H](COP3(=O)OP(=O)(O)OP(=O)(O)O3)O2)cc1.Nc1nc2c(ncn2[C@H]2CC(O)[C@@H](COP(=O)([O-])OP(=O)([O-])OP(=O)([O-])[O-])O2)c(=O)[nH]1. The lowest BCUT2D eigenvalue weighted by molar-refractivity contribution is -0.598. The van der Waals surface area contributed by atoms with Crippen molar-refractivity contribution in [3.63, 3.8) is 0 Å². The van der Waals surface area contributed by atoms with Gasteiger partial charge in [0.25, 0.3) is 21.2 Å². The number of hydrogen-bond acceptors (Lipinski definition) is 30. The summed E-state index contributed by atoms with van der Waals surface area (Å²) in [5, 5.41) is 22.3. The Morgan fingerprint density at radius 1 is 0.895 bits per heavy atom. The number of nitrogens with one attached hydrogen (secondary N) is 2. The molecule has 0 aliphatic carbocycles. The number of fused-ring (bicyclic) bond motifs is 2. The normalized spacial score (nSPS) is 28.6. The molecule has 5 aromatic rings. The van der Waals surface area contributed by atoms with Gasteiger partial charge in [-0.2, -0.15) is 36.1 Å². The summed E-state index contributed by atoms with van der Waals surface area (Å²) in [6.07, 6.45) is -7.66. The lowest BCUT2D eigenvalue weighted by Crippen LogP contribution is -2.34. The van der Waals surface area contributed by atoms with Crippen molar-refractivity contribution >= 4 is 92.8 Å². The highest BCUT2D eigenvalue weighted by Gasteiger charge is 2.55. The molecule has 420 valence electrons. The highest BCUT2D eigenvalue weighted by atomic mass is 31.3. The first-order valence-electron chi connectivity index (χ1n) is 20.5. The number of nitrogens with zero attached hydrogens (tertiary/aromatic N) is 9. The van der Waals surface area contributed by atoms with Crippen LogP contribution in [0.4, 0.5) is 30.8 Å². The zero-order chi connectivity index (χ0) is 56.1. The molecule has 3 saturated heterocycles. The van der Waals surface area contributed by atoms with Crippen LogP contribution in [0.5, 0.6) is 0 Å². The molecule has 0 aromatic carbocycles. The molecule has 0 saturated carbocycles. The van der Waals surface area contributed by atoms with Gasteiger partial charge in [0.15, 0.2) is 16.8 Å². The average molecular weight is 1210 g/mol. The third-order valence-electron chi connectivity index (χ3n) is 10.1. The van der Waals surface area contributed by atoms with E-state index in [1.54, 1.807) is 29.8 Å². The molecule has 0 radical (unpaired) electrons. The van der Waals surface area contributed by atoms with E-state index in [0.29, 0.717) is 6.54 Å². The number of nitrogens with two attached hydrogens (primary N) is 1. The van der Waals surface area contributed by atoms with Crippen LogP contribution in [-0.4, -0.2) is 122 Å². The van der Waals surface area contributed by atoms with Crippen molar-refractivity contribution in [2.45, 2.75) is 62.8 Å². The van der Waals surface area contributed by atoms with E-state index < -0.39 is 121 Å². The zero-order valence-corrected chi connectivity index (χ0v) is 43.1. The van der Waals surface area contributed by atoms with Crippen molar-refractivity contribution in [2.75, 3.05) is 42.8 Å². The first kappa shape index (κ1) is 59.3. The van der Waals surface area contributed by atoms with Crippen molar-refractivity contribution in [2.24, 2.45) is 0 Å². The Labute approximate surface area is 419 Å². The monoisotopic (exact) mass is 1210 g/mol. The number of aliphatic hydroxyl groups is 2. The van der Waals surface area contributed by atoms with Gasteiger partial charge in [0, 0.05) is 49.2 Å². The van der Waals surface area contributed by atoms with E-state index >= 15 is 0 Å². The van der Waals surface area contributed by atoms with Crippen LogP contribution in [0.1, 0.15) is 32.2 Å². The number of carbonyl (C=O) groups excluding carboxylic acids is 1. The first-order valence-corrected chi connectivity index (χ1v) is 29.4. The maximum Gasteiger partial charge on any atom is 0.492 e. The lowest BCUT2D eigenvalue weighted by atomic mass is 10.2. The number of alkyl halides is 3. The molecule has 3 aliphatic rings. The van der Waals surface area contributed by atoms with Crippen LogP contribution in [0, 0.1) is 0 Å². The van der Waals surface area contributed by atoms with Crippen molar-refractivity contribution < 1.29 is 130 Å². The summed E-state index contributed by atoms with van der Waals surface area (Å²) in [6.45, 7) is 0.801. The fourth-order valence-corrected chi connectivity index (χ4v) is 14.6. The molecule has 10 atom stereocenters. The number of carbonyl (C=O) groups is 1. The van der Waals surface area contributed by atoms with Gasteiger partial charge in [0.05, 0.1) is 58.3 Å². The van der Waals surface area contributed by atoms with E-state index in [4.69, 9.17) is 19.7 Å². The highest BCUT2D eigenvalue weighted by molar-refractivity contribution is 7.74. The number of hydrogen-bond donors (Lipinski definition) is 7. The van der Waals surface area contributed by atoms with Gasteiger partial charge in [-0.15, -0.1) is 0 Å². The van der Waals surface area contributed by atoms with Crippen LogP contribution >= 0.6 is 46.9 Å². The molecule has 3 aliphatic heterocycles. The molecule has 8 rings (SSSR count). The van der Waals surface area contributed by atoms with Crippen LogP contribution in [0.15, 0.2) is 42.0 Å². The highest BCUT2D eigenvalue weighted by Crippen LogP contribution is 2.80. The number of aromatic nitrogens is 9. The van der Waals surface area contributed by atoms with E-state index in [1.165, 1.54) is 26.4 Å². The number of phosphoric acid groups is 6. The molecular weight excluding hydrogens is 1170 g/mol. The number of nitrogen functional groups attached to an aromatic ring is 1. The van der Waals surface area contributed by atoms with Gasteiger partial charge in [-0.05, 0) is 6.92 Å². The van der Waals surface area contributed by atoms with Gasteiger partial charge in [0.2, 0.25) is 11.5 Å². The summed E-state index contributed by atoms with van der Waals surface area (Å²) in [5.74, 6) is -3.29. The number of phosphoric ester groups is 1. The van der Waals surface area contributed by atoms with Gasteiger partial charge in [-0.25, -0.2) is 32.5 Å². The smallest absolute Gasteiger partial charge is 0.492 e. The number of amides is 1. The average Bonchev–Trinajstić information content (AvgIpc) is 4.07. The zero-order valence-electron chi connectivity index (χ0n) is 37.7. The van der Waals surface area contributed by atoms with Crippen LogP contribution < -0.4 is 45.7 Å². The molecule has 8 heterocycles. The van der Waals surface area contributed by atoms with E-state index in [1.807, 2.05) is 18.9 Å². The minimum Gasteiger partial charge on any atom is -0.790 e. The number of aliphatic hydroxyl groups excluding tert-OH is 2. The van der Waals surface area contributed by atoms with E-state index in [9.17, 15) is 89.7 Å². The number of ether oxygens (including phenoxy) is 2. The molecule has 8 N–H and O–H groups in total. The quantitative estimate of drug-likeness (QED) is 0.0426. The first-order chi connectivity index (χ1) is 35.0. The van der Waals surface area contributed by atoms with Gasteiger partial charge in [-0.3, -0.25) is 47.0 Å². The van der Waals surface area contributed by atoms with Gasteiger partial charge in [0.1, 0.15) is 24.7 Å². The second-order valence-corrected chi connectivity index (χ2v) is 24.7. The Morgan fingerprint density at radius 2 is 1.43 bits per heavy atom. The minimum atomic E-state index is -6.12. The topological polar surface area (TPSA) is 528 Å². The molecule has 0 bridgehead atoms. The second kappa shape index (κ2) is 22.0. The maximum absolute atomic E-state index is 13.0. The lowest BCUT2D eigenvalue weighted by Gasteiger charge is -2.37. The standard InChI is InChI=1S/C20H23F3N7O12P3.C10H16N5O13P3/c1-3-28(2)11-4-6-29(7-5-11)16-15-17(26-19(25-16)27-18(32)20(21,22)23)30(10-24-15)14-8-12(31)13(39-14)9-38-45(37)41-43(33,34)40-44(35,36)42-45;11-10-13-8-7(9(17)14-10)12-3-15(8)6-1-4(16)5(26-6)2-25-30(21,22)28-31(23,24)27-29(18,19)20/h4-7,10,12-14,31H,3,8-9H2,1-2H3,(H2-,25,26,27,32,33,34,35,36);3-6,16H,1-2H2,(H,21,22)(H,23,24)(H2,18,19,20)(H3,11,13,14,17)/p-3/t12?,13-,14-;4?,5-,6-/m11/s1. The third-order valence-corrected chi connectivity index (χ3v) is 19.2. The summed E-state index contributed by atoms with van der Waals surface area (Å²) in [4.78, 5) is 110. The Bertz CT molecular complexity index is 3340. The summed E-state index contributed by atoms with van der Waals surface area (Å²) in [6, 6.07) is 3.43. The molecule has 76 heavy (non-hydrogen) atoms. The Balaban J connectivity index is 0.000000237. The molecule has 37 nitrogen and oxygen atoms in total. The fraction of sp³-hybridized carbons (Fsp3) is 0.467.